The second-order valence-corrected chi connectivity index (χ2v) is 8.19. The Kier molecular flexibility index (Phi) is 5.68. The fraction of sp³-hybridized carbons (Fsp3) is 0.550. The number of likely N-dealkylation sites (tertiary alicyclic amines) is 1. The van der Waals surface area contributed by atoms with Crippen LogP contribution in [0.3, 0.4) is 0 Å². The lowest BCUT2D eigenvalue weighted by Crippen LogP contribution is -2.42. The lowest BCUT2D eigenvalue weighted by Gasteiger charge is -2.33. The number of ether oxygens (including phenoxy) is 1. The van der Waals surface area contributed by atoms with Crippen molar-refractivity contribution in [2.75, 3.05) is 18.4 Å². The van der Waals surface area contributed by atoms with Gasteiger partial charge in [0.15, 0.2) is 5.82 Å². The highest BCUT2D eigenvalue weighted by Gasteiger charge is 2.27. The molecule has 0 bridgehead atoms. The fourth-order valence-corrected chi connectivity index (χ4v) is 3.22. The molecule has 7 heteroatoms. The maximum absolute atomic E-state index is 12.2. The SMILES string of the molecule is Cc1cc(Nc2cccc(CC3CCN(C(=O)OC(C)(C)C)CC3)n2)n[nH]1. The van der Waals surface area contributed by atoms with Crippen molar-refractivity contribution in [2.45, 2.75) is 52.6 Å². The Hall–Kier alpha value is -2.57. The van der Waals surface area contributed by atoms with Crippen LogP contribution < -0.4 is 5.32 Å². The summed E-state index contributed by atoms with van der Waals surface area (Å²) in [5.41, 5.74) is 1.62. The van der Waals surface area contributed by atoms with Crippen LogP contribution in [0, 0.1) is 12.8 Å². The van der Waals surface area contributed by atoms with Gasteiger partial charge in [0.2, 0.25) is 0 Å². The van der Waals surface area contributed by atoms with Crippen molar-refractivity contribution in [3.05, 3.63) is 35.7 Å². The van der Waals surface area contributed by atoms with Crippen LogP contribution in [0.4, 0.5) is 16.4 Å². The summed E-state index contributed by atoms with van der Waals surface area (Å²) in [6, 6.07) is 7.96. The fourth-order valence-electron chi connectivity index (χ4n) is 3.22. The number of carbonyl (C=O) groups is 1. The van der Waals surface area contributed by atoms with E-state index >= 15 is 0 Å². The molecule has 1 fully saturated rings. The van der Waals surface area contributed by atoms with Gasteiger partial charge in [0, 0.05) is 30.5 Å². The van der Waals surface area contributed by atoms with E-state index in [0.717, 1.165) is 55.4 Å². The molecule has 1 saturated heterocycles. The highest BCUT2D eigenvalue weighted by Crippen LogP contribution is 2.23. The van der Waals surface area contributed by atoms with Crippen molar-refractivity contribution in [2.24, 2.45) is 5.92 Å². The van der Waals surface area contributed by atoms with Crippen LogP contribution in [0.1, 0.15) is 45.0 Å². The van der Waals surface area contributed by atoms with Crippen LogP contribution in [0.15, 0.2) is 24.3 Å². The Labute approximate surface area is 160 Å². The molecule has 2 N–H and O–H groups in total. The Balaban J connectivity index is 1.52. The summed E-state index contributed by atoms with van der Waals surface area (Å²) < 4.78 is 5.46. The summed E-state index contributed by atoms with van der Waals surface area (Å²) >= 11 is 0. The van der Waals surface area contributed by atoms with E-state index in [0.29, 0.717) is 5.92 Å². The third-order valence-electron chi connectivity index (χ3n) is 4.53. The number of amides is 1. The predicted octanol–water partition coefficient (Wildman–Crippen LogP) is 4.05. The number of aromatic amines is 1. The largest absolute Gasteiger partial charge is 0.444 e. The molecule has 0 atom stereocenters. The van der Waals surface area contributed by atoms with Crippen LogP contribution in [0.2, 0.25) is 0 Å². The topological polar surface area (TPSA) is 83.1 Å². The minimum atomic E-state index is -0.446. The van der Waals surface area contributed by atoms with Crippen molar-refractivity contribution in [1.29, 1.82) is 0 Å². The zero-order valence-corrected chi connectivity index (χ0v) is 16.6. The summed E-state index contributed by atoms with van der Waals surface area (Å²) in [7, 11) is 0. The van der Waals surface area contributed by atoms with Crippen molar-refractivity contribution >= 4 is 17.7 Å². The molecule has 0 aliphatic carbocycles. The number of hydrogen-bond donors (Lipinski definition) is 2. The average Bonchev–Trinajstić information content (AvgIpc) is 2.99. The van der Waals surface area contributed by atoms with Crippen LogP contribution in [-0.4, -0.2) is 44.9 Å². The number of hydrogen-bond acceptors (Lipinski definition) is 5. The quantitative estimate of drug-likeness (QED) is 0.847. The van der Waals surface area contributed by atoms with Gasteiger partial charge in [-0.15, -0.1) is 0 Å². The van der Waals surface area contributed by atoms with Gasteiger partial charge in [-0.1, -0.05) is 6.07 Å². The van der Waals surface area contributed by atoms with Crippen LogP contribution in [0.5, 0.6) is 0 Å². The first-order valence-corrected chi connectivity index (χ1v) is 9.51. The van der Waals surface area contributed by atoms with E-state index in [-0.39, 0.29) is 6.09 Å². The zero-order chi connectivity index (χ0) is 19.4. The third-order valence-corrected chi connectivity index (χ3v) is 4.53. The number of nitrogens with one attached hydrogen (secondary N) is 2. The normalized spacial score (nSPS) is 15.6. The summed E-state index contributed by atoms with van der Waals surface area (Å²) in [5, 5.41) is 10.3. The molecule has 2 aromatic rings. The van der Waals surface area contributed by atoms with E-state index in [9.17, 15) is 4.79 Å². The van der Waals surface area contributed by atoms with Gasteiger partial charge in [0.1, 0.15) is 11.4 Å². The molecular weight excluding hydrogens is 342 g/mol. The summed E-state index contributed by atoms with van der Waals surface area (Å²) in [6.45, 7) is 9.14. The number of carbonyl (C=O) groups excluding carboxylic acids is 1. The zero-order valence-electron chi connectivity index (χ0n) is 16.6. The molecule has 7 nitrogen and oxygen atoms in total. The van der Waals surface area contributed by atoms with Crippen molar-refractivity contribution < 1.29 is 9.53 Å². The van der Waals surface area contributed by atoms with E-state index < -0.39 is 5.60 Å². The van der Waals surface area contributed by atoms with Crippen LogP contribution in [0.25, 0.3) is 0 Å². The van der Waals surface area contributed by atoms with Crippen molar-refractivity contribution in [3.63, 3.8) is 0 Å². The summed E-state index contributed by atoms with van der Waals surface area (Å²) in [6.07, 6.45) is 2.64. The van der Waals surface area contributed by atoms with Gasteiger partial charge in [0.05, 0.1) is 0 Å². The molecule has 0 radical (unpaired) electrons. The molecular formula is C20H29N5O2. The third kappa shape index (κ3) is 5.70. The Morgan fingerprint density at radius 3 is 2.67 bits per heavy atom. The molecule has 0 spiro atoms. The van der Waals surface area contributed by atoms with Gasteiger partial charge in [-0.25, -0.2) is 9.78 Å². The van der Waals surface area contributed by atoms with Crippen molar-refractivity contribution in [1.82, 2.24) is 20.1 Å². The Morgan fingerprint density at radius 1 is 1.30 bits per heavy atom. The highest BCUT2D eigenvalue weighted by atomic mass is 16.6. The predicted molar refractivity (Wildman–Crippen MR) is 105 cm³/mol. The van der Waals surface area contributed by atoms with Gasteiger partial charge in [-0.2, -0.15) is 5.10 Å². The molecule has 3 heterocycles. The van der Waals surface area contributed by atoms with Gasteiger partial charge in [0.25, 0.3) is 0 Å². The Morgan fingerprint density at radius 2 is 2.04 bits per heavy atom. The Bertz CT molecular complexity index is 773. The second-order valence-electron chi connectivity index (χ2n) is 8.19. The first-order valence-electron chi connectivity index (χ1n) is 9.51. The smallest absolute Gasteiger partial charge is 0.410 e. The first kappa shape index (κ1) is 19.2. The highest BCUT2D eigenvalue weighted by molar-refractivity contribution is 5.68. The standard InChI is InChI=1S/C20H29N5O2/c1-14-12-18(24-23-14)22-17-7-5-6-16(21-17)13-15-8-10-25(11-9-15)19(26)27-20(2,3)4/h5-7,12,15H,8-11,13H2,1-4H3,(H2,21,22,23,24). The number of pyridine rings is 1. The molecule has 1 aliphatic heterocycles. The maximum atomic E-state index is 12.2. The average molecular weight is 371 g/mol. The number of piperidine rings is 1. The summed E-state index contributed by atoms with van der Waals surface area (Å²) in [5.74, 6) is 2.09. The van der Waals surface area contributed by atoms with Crippen LogP contribution >= 0.6 is 0 Å². The van der Waals surface area contributed by atoms with E-state index in [2.05, 4.69) is 21.6 Å². The second kappa shape index (κ2) is 7.98. The summed E-state index contributed by atoms with van der Waals surface area (Å²) in [4.78, 5) is 18.7. The lowest BCUT2D eigenvalue weighted by atomic mass is 9.92. The lowest BCUT2D eigenvalue weighted by molar-refractivity contribution is 0.0184. The maximum Gasteiger partial charge on any atom is 0.410 e. The van der Waals surface area contributed by atoms with Crippen LogP contribution in [-0.2, 0) is 11.2 Å². The molecule has 0 saturated carbocycles. The molecule has 146 valence electrons. The van der Waals surface area contributed by atoms with Gasteiger partial charge < -0.3 is 15.0 Å². The molecule has 1 aliphatic rings. The molecule has 2 aromatic heterocycles. The number of aromatic nitrogens is 3. The molecule has 0 aromatic carbocycles. The number of H-pyrrole nitrogens is 1. The minimum Gasteiger partial charge on any atom is -0.444 e. The molecule has 1 amide bonds. The van der Waals surface area contributed by atoms with E-state index in [1.54, 1.807) is 0 Å². The van der Waals surface area contributed by atoms with E-state index in [1.165, 1.54) is 0 Å². The van der Waals surface area contributed by atoms with E-state index in [4.69, 9.17) is 9.72 Å². The van der Waals surface area contributed by atoms with Gasteiger partial charge in [-0.05, 0) is 65.0 Å². The monoisotopic (exact) mass is 371 g/mol. The molecule has 27 heavy (non-hydrogen) atoms. The number of rotatable bonds is 4. The van der Waals surface area contributed by atoms with Gasteiger partial charge >= 0.3 is 6.09 Å². The number of aryl methyl sites for hydroxylation is 1. The number of nitrogens with zero attached hydrogens (tertiary/aromatic N) is 3. The van der Waals surface area contributed by atoms with E-state index in [1.807, 2.05) is 50.8 Å². The minimum absolute atomic E-state index is 0.209. The molecule has 3 rings (SSSR count). The van der Waals surface area contributed by atoms with Gasteiger partial charge in [-0.3, -0.25) is 5.10 Å². The molecule has 0 unspecified atom stereocenters. The first-order chi connectivity index (χ1) is 12.8. The van der Waals surface area contributed by atoms with Crippen molar-refractivity contribution in [3.8, 4) is 0 Å². The number of anilines is 2.